The zero-order chi connectivity index (χ0) is 18.4. The molecule has 0 aromatic heterocycles. The van der Waals surface area contributed by atoms with E-state index in [9.17, 15) is 18.0 Å². The maximum absolute atomic E-state index is 11.9. The minimum atomic E-state index is -3.41. The average molecular weight is 388 g/mol. The van der Waals surface area contributed by atoms with Gasteiger partial charge in [0.1, 0.15) is 0 Å². The summed E-state index contributed by atoms with van der Waals surface area (Å²) in [5.74, 6) is -0.390. The zero-order valence-corrected chi connectivity index (χ0v) is 15.7. The predicted octanol–water partition coefficient (Wildman–Crippen LogP) is 3.20. The van der Waals surface area contributed by atoms with Crippen molar-refractivity contribution < 1.29 is 22.7 Å². The van der Waals surface area contributed by atoms with Crippen LogP contribution in [0.5, 0.6) is 0 Å². The van der Waals surface area contributed by atoms with Gasteiger partial charge in [0.2, 0.25) is 0 Å². The quantitative estimate of drug-likeness (QED) is 0.725. The predicted molar refractivity (Wildman–Crippen MR) is 95.3 cm³/mol. The Kier molecular flexibility index (Phi) is 6.84. The second kappa shape index (κ2) is 8.67. The van der Waals surface area contributed by atoms with E-state index in [1.807, 2.05) is 0 Å². The summed E-state index contributed by atoms with van der Waals surface area (Å²) in [6, 6.07) is 4.02. The number of hydrogen-bond acceptors (Lipinski definition) is 5. The molecule has 0 bridgehead atoms. The Balaban J connectivity index is 1.82. The first kappa shape index (κ1) is 19.7. The first-order chi connectivity index (χ1) is 11.8. The highest BCUT2D eigenvalue weighted by atomic mass is 35.5. The van der Waals surface area contributed by atoms with Crippen molar-refractivity contribution in [2.75, 3.05) is 18.2 Å². The van der Waals surface area contributed by atoms with Gasteiger partial charge in [-0.3, -0.25) is 9.59 Å². The van der Waals surface area contributed by atoms with Crippen LogP contribution in [0, 0.1) is 5.92 Å². The van der Waals surface area contributed by atoms with Crippen LogP contribution >= 0.6 is 11.6 Å². The summed E-state index contributed by atoms with van der Waals surface area (Å²) in [6.07, 6.45) is 6.91. The number of rotatable bonds is 7. The molecule has 25 heavy (non-hydrogen) atoms. The fourth-order valence-electron chi connectivity index (χ4n) is 2.86. The molecule has 2 rings (SSSR count). The molecule has 1 N–H and O–H groups in total. The largest absolute Gasteiger partial charge is 0.456 e. The molecule has 0 spiro atoms. The second-order valence-electron chi connectivity index (χ2n) is 6.31. The maximum atomic E-state index is 11.9. The monoisotopic (exact) mass is 387 g/mol. The molecule has 0 radical (unpaired) electrons. The van der Waals surface area contributed by atoms with Crippen molar-refractivity contribution in [3.8, 4) is 0 Å². The van der Waals surface area contributed by atoms with Gasteiger partial charge in [0.25, 0.3) is 5.91 Å². The molecule has 1 aromatic rings. The molecule has 1 aliphatic rings. The lowest BCUT2D eigenvalue weighted by atomic mass is 10.0. The molecular weight excluding hydrogens is 366 g/mol. The number of carbonyl (C=O) groups excluding carboxylic acids is 2. The Morgan fingerprint density at radius 1 is 1.28 bits per heavy atom. The van der Waals surface area contributed by atoms with Gasteiger partial charge in [0, 0.05) is 12.7 Å². The SMILES string of the molecule is CS(=O)(=O)c1ccc(Cl)c(NC(=O)COC(=O)CCC2CCCC2)c1. The van der Waals surface area contributed by atoms with E-state index in [1.165, 1.54) is 31.0 Å². The molecule has 1 amide bonds. The molecular formula is C17H22ClNO5S. The third kappa shape index (κ3) is 6.32. The Morgan fingerprint density at radius 2 is 1.96 bits per heavy atom. The van der Waals surface area contributed by atoms with Gasteiger partial charge in [-0.25, -0.2) is 8.42 Å². The van der Waals surface area contributed by atoms with Gasteiger partial charge in [-0.05, 0) is 30.5 Å². The van der Waals surface area contributed by atoms with Crippen LogP contribution in [0.4, 0.5) is 5.69 Å². The summed E-state index contributed by atoms with van der Waals surface area (Å²) >= 11 is 5.96. The van der Waals surface area contributed by atoms with Gasteiger partial charge in [-0.2, -0.15) is 0 Å². The van der Waals surface area contributed by atoms with Gasteiger partial charge in [-0.15, -0.1) is 0 Å². The van der Waals surface area contributed by atoms with Crippen molar-refractivity contribution in [1.29, 1.82) is 0 Å². The molecule has 0 saturated heterocycles. The molecule has 0 aliphatic heterocycles. The first-order valence-electron chi connectivity index (χ1n) is 8.21. The molecule has 1 aliphatic carbocycles. The molecule has 6 nitrogen and oxygen atoms in total. The Morgan fingerprint density at radius 3 is 2.60 bits per heavy atom. The molecule has 1 fully saturated rings. The van der Waals surface area contributed by atoms with E-state index in [0.717, 1.165) is 25.5 Å². The number of sulfone groups is 1. The number of anilines is 1. The van der Waals surface area contributed by atoms with Crippen LogP contribution in [0.1, 0.15) is 38.5 Å². The van der Waals surface area contributed by atoms with E-state index < -0.39 is 28.3 Å². The third-order valence-corrected chi connectivity index (χ3v) is 5.68. The van der Waals surface area contributed by atoms with Gasteiger partial charge in [0.05, 0.1) is 15.6 Å². The van der Waals surface area contributed by atoms with E-state index in [2.05, 4.69) is 5.32 Å². The number of carbonyl (C=O) groups is 2. The minimum Gasteiger partial charge on any atom is -0.456 e. The summed E-state index contributed by atoms with van der Waals surface area (Å²) in [6.45, 7) is -0.428. The summed E-state index contributed by atoms with van der Waals surface area (Å²) in [5.41, 5.74) is 0.164. The zero-order valence-electron chi connectivity index (χ0n) is 14.1. The van der Waals surface area contributed by atoms with E-state index in [1.54, 1.807) is 0 Å². The van der Waals surface area contributed by atoms with Crippen molar-refractivity contribution in [1.82, 2.24) is 0 Å². The van der Waals surface area contributed by atoms with Gasteiger partial charge in [0.15, 0.2) is 16.4 Å². The highest BCUT2D eigenvalue weighted by Crippen LogP contribution is 2.28. The average Bonchev–Trinajstić information content (AvgIpc) is 3.05. The van der Waals surface area contributed by atoms with E-state index in [4.69, 9.17) is 16.3 Å². The number of benzene rings is 1. The lowest BCUT2D eigenvalue weighted by molar-refractivity contribution is -0.147. The van der Waals surface area contributed by atoms with Crippen molar-refractivity contribution in [2.24, 2.45) is 5.92 Å². The standard InChI is InChI=1S/C17H22ClNO5S/c1-25(22,23)13-7-8-14(18)15(10-13)19-16(20)11-24-17(21)9-6-12-4-2-3-5-12/h7-8,10,12H,2-6,9,11H2,1H3,(H,19,20). The van der Waals surface area contributed by atoms with E-state index in [0.29, 0.717) is 12.3 Å². The Bertz CT molecular complexity index is 741. The topological polar surface area (TPSA) is 89.5 Å². The number of nitrogens with one attached hydrogen (secondary N) is 1. The molecule has 0 atom stereocenters. The van der Waals surface area contributed by atoms with Gasteiger partial charge < -0.3 is 10.1 Å². The molecule has 0 unspecified atom stereocenters. The summed E-state index contributed by atoms with van der Waals surface area (Å²) in [7, 11) is -3.41. The van der Waals surface area contributed by atoms with Crippen LogP contribution < -0.4 is 5.32 Å². The van der Waals surface area contributed by atoms with Crippen LogP contribution in [-0.4, -0.2) is 33.2 Å². The van der Waals surface area contributed by atoms with Crippen LogP contribution in [0.3, 0.4) is 0 Å². The van der Waals surface area contributed by atoms with Crippen molar-refractivity contribution in [3.63, 3.8) is 0 Å². The summed E-state index contributed by atoms with van der Waals surface area (Å²) in [5, 5.41) is 2.66. The van der Waals surface area contributed by atoms with Crippen molar-refractivity contribution in [2.45, 2.75) is 43.4 Å². The van der Waals surface area contributed by atoms with Crippen LogP contribution in [0.2, 0.25) is 5.02 Å². The summed E-state index contributed by atoms with van der Waals surface area (Å²) in [4.78, 5) is 23.6. The van der Waals surface area contributed by atoms with Crippen LogP contribution in [-0.2, 0) is 24.2 Å². The number of esters is 1. The molecule has 1 aromatic carbocycles. The van der Waals surface area contributed by atoms with Gasteiger partial charge in [-0.1, -0.05) is 37.3 Å². The van der Waals surface area contributed by atoms with Gasteiger partial charge >= 0.3 is 5.97 Å². The van der Waals surface area contributed by atoms with Crippen LogP contribution in [0.15, 0.2) is 23.1 Å². The molecule has 1 saturated carbocycles. The smallest absolute Gasteiger partial charge is 0.306 e. The van der Waals surface area contributed by atoms with Crippen LogP contribution in [0.25, 0.3) is 0 Å². The molecule has 8 heteroatoms. The fraction of sp³-hybridized carbons (Fsp3) is 0.529. The fourth-order valence-corrected chi connectivity index (χ4v) is 3.67. The lowest BCUT2D eigenvalue weighted by Gasteiger charge is -2.10. The first-order valence-corrected chi connectivity index (χ1v) is 10.5. The molecule has 0 heterocycles. The third-order valence-electron chi connectivity index (χ3n) is 4.24. The number of hydrogen-bond donors (Lipinski definition) is 1. The summed E-state index contributed by atoms with van der Waals surface area (Å²) < 4.78 is 28.1. The number of halogens is 1. The van der Waals surface area contributed by atoms with Crippen molar-refractivity contribution >= 4 is 39.0 Å². The molecule has 138 valence electrons. The lowest BCUT2D eigenvalue weighted by Crippen LogP contribution is -2.21. The second-order valence-corrected chi connectivity index (χ2v) is 8.73. The normalized spacial score (nSPS) is 15.1. The maximum Gasteiger partial charge on any atom is 0.306 e. The van der Waals surface area contributed by atoms with E-state index in [-0.39, 0.29) is 15.6 Å². The highest BCUT2D eigenvalue weighted by molar-refractivity contribution is 7.90. The Hall–Kier alpha value is -1.60. The number of ether oxygens (including phenoxy) is 1. The highest BCUT2D eigenvalue weighted by Gasteiger charge is 2.17. The minimum absolute atomic E-state index is 0.0424. The van der Waals surface area contributed by atoms with E-state index >= 15 is 0 Å². The number of amides is 1. The Labute approximate surface area is 152 Å². The van der Waals surface area contributed by atoms with Crippen molar-refractivity contribution in [3.05, 3.63) is 23.2 Å².